The van der Waals surface area contributed by atoms with Crippen molar-refractivity contribution in [3.63, 3.8) is 0 Å². The highest BCUT2D eigenvalue weighted by atomic mass is 16.2. The van der Waals surface area contributed by atoms with Gasteiger partial charge in [0, 0.05) is 32.1 Å². The van der Waals surface area contributed by atoms with Gasteiger partial charge in [0.05, 0.1) is 6.04 Å². The molecule has 3 aliphatic rings. The Morgan fingerprint density at radius 2 is 1.80 bits per heavy atom. The summed E-state index contributed by atoms with van der Waals surface area (Å²) in [6.45, 7) is 4.96. The highest BCUT2D eigenvalue weighted by Gasteiger charge is 2.34. The molecule has 0 unspecified atom stereocenters. The third-order valence-corrected chi connectivity index (χ3v) is 5.82. The molecule has 1 saturated carbocycles. The van der Waals surface area contributed by atoms with Crippen molar-refractivity contribution < 1.29 is 9.59 Å². The van der Waals surface area contributed by atoms with Crippen LogP contribution in [-0.2, 0) is 11.2 Å². The Morgan fingerprint density at radius 3 is 2.60 bits per heavy atom. The minimum Gasteiger partial charge on any atom is -0.341 e. The van der Waals surface area contributed by atoms with Crippen LogP contribution in [0.15, 0.2) is 18.2 Å². The molecule has 1 N–H and O–H groups in total. The van der Waals surface area contributed by atoms with Crippen LogP contribution in [0.2, 0.25) is 0 Å². The number of benzene rings is 1. The van der Waals surface area contributed by atoms with Crippen LogP contribution in [0.4, 0.5) is 4.79 Å². The van der Waals surface area contributed by atoms with Crippen molar-refractivity contribution in [2.45, 2.75) is 45.1 Å². The quantitative estimate of drug-likeness (QED) is 0.899. The lowest BCUT2D eigenvalue weighted by Crippen LogP contribution is -2.43. The number of hydrogen-bond donors (Lipinski definition) is 1. The van der Waals surface area contributed by atoms with E-state index in [0.717, 1.165) is 45.2 Å². The second-order valence-electron chi connectivity index (χ2n) is 7.62. The first-order valence-electron chi connectivity index (χ1n) is 9.56. The van der Waals surface area contributed by atoms with Gasteiger partial charge in [0.15, 0.2) is 0 Å². The summed E-state index contributed by atoms with van der Waals surface area (Å²) in [5.41, 5.74) is 3.98. The van der Waals surface area contributed by atoms with E-state index in [0.29, 0.717) is 19.0 Å². The number of carbonyl (C=O) groups is 2. The lowest BCUT2D eigenvalue weighted by atomic mass is 10.0. The highest BCUT2D eigenvalue weighted by Crippen LogP contribution is 2.33. The first kappa shape index (κ1) is 16.4. The van der Waals surface area contributed by atoms with Gasteiger partial charge in [-0.15, -0.1) is 0 Å². The molecule has 134 valence electrons. The molecule has 1 saturated heterocycles. The molecule has 5 nitrogen and oxygen atoms in total. The Labute approximate surface area is 149 Å². The van der Waals surface area contributed by atoms with Crippen LogP contribution >= 0.6 is 0 Å². The van der Waals surface area contributed by atoms with E-state index in [4.69, 9.17) is 0 Å². The number of rotatable bonds is 2. The standard InChI is InChI=1S/C20H27N3O2/c1-14-4-2-5-17-16(14)8-9-18(17)21-20(25)23-11-3-10-22(12-13-23)19(24)15-6-7-15/h2,4-5,15,18H,3,6-13H2,1H3,(H,21,25)/t18-/m1/s1. The summed E-state index contributed by atoms with van der Waals surface area (Å²) in [7, 11) is 0. The van der Waals surface area contributed by atoms with E-state index < -0.39 is 0 Å². The van der Waals surface area contributed by atoms with Crippen molar-refractivity contribution in [1.82, 2.24) is 15.1 Å². The molecule has 0 aromatic heterocycles. The van der Waals surface area contributed by atoms with Gasteiger partial charge in [-0.1, -0.05) is 18.2 Å². The Balaban J connectivity index is 1.36. The molecule has 1 heterocycles. The van der Waals surface area contributed by atoms with Crippen LogP contribution in [-0.4, -0.2) is 47.9 Å². The predicted molar refractivity (Wildman–Crippen MR) is 96.3 cm³/mol. The zero-order chi connectivity index (χ0) is 17.4. The molecular formula is C20H27N3O2. The SMILES string of the molecule is Cc1cccc2c1CC[C@H]2NC(=O)N1CCCN(C(=O)C2CC2)CC1. The third-order valence-electron chi connectivity index (χ3n) is 5.82. The number of hydrogen-bond acceptors (Lipinski definition) is 2. The predicted octanol–water partition coefficient (Wildman–Crippen LogP) is 2.64. The Kier molecular flexibility index (Phi) is 4.40. The van der Waals surface area contributed by atoms with Crippen molar-refractivity contribution in [1.29, 1.82) is 0 Å². The largest absolute Gasteiger partial charge is 0.341 e. The van der Waals surface area contributed by atoms with E-state index in [1.54, 1.807) is 0 Å². The lowest BCUT2D eigenvalue weighted by molar-refractivity contribution is -0.132. The van der Waals surface area contributed by atoms with Gasteiger partial charge in [0.1, 0.15) is 0 Å². The van der Waals surface area contributed by atoms with E-state index >= 15 is 0 Å². The van der Waals surface area contributed by atoms with Gasteiger partial charge in [0.25, 0.3) is 0 Å². The maximum atomic E-state index is 12.7. The topological polar surface area (TPSA) is 52.7 Å². The Morgan fingerprint density at radius 1 is 1.04 bits per heavy atom. The summed E-state index contributed by atoms with van der Waals surface area (Å²) in [5, 5.41) is 3.22. The van der Waals surface area contributed by atoms with Gasteiger partial charge >= 0.3 is 6.03 Å². The van der Waals surface area contributed by atoms with E-state index in [2.05, 4.69) is 30.4 Å². The molecule has 5 heteroatoms. The highest BCUT2D eigenvalue weighted by molar-refractivity contribution is 5.81. The van der Waals surface area contributed by atoms with E-state index in [1.165, 1.54) is 16.7 Å². The monoisotopic (exact) mass is 341 g/mol. The van der Waals surface area contributed by atoms with Crippen molar-refractivity contribution in [2.75, 3.05) is 26.2 Å². The summed E-state index contributed by atoms with van der Waals surface area (Å²) in [6, 6.07) is 6.49. The van der Waals surface area contributed by atoms with Gasteiger partial charge in [-0.2, -0.15) is 0 Å². The summed E-state index contributed by atoms with van der Waals surface area (Å²) in [4.78, 5) is 28.8. The fourth-order valence-electron chi connectivity index (χ4n) is 4.16. The summed E-state index contributed by atoms with van der Waals surface area (Å²) in [6.07, 6.45) is 4.97. The average Bonchev–Trinajstić information content (AvgIpc) is 3.41. The van der Waals surface area contributed by atoms with Crippen LogP contribution in [0.3, 0.4) is 0 Å². The van der Waals surface area contributed by atoms with Crippen molar-refractivity contribution in [3.8, 4) is 0 Å². The minimum absolute atomic E-state index is 0.0140. The van der Waals surface area contributed by atoms with Crippen molar-refractivity contribution >= 4 is 11.9 Å². The Bertz CT molecular complexity index is 684. The summed E-state index contributed by atoms with van der Waals surface area (Å²) in [5.74, 6) is 0.557. The summed E-state index contributed by atoms with van der Waals surface area (Å²) >= 11 is 0. The molecule has 4 rings (SSSR count). The molecule has 2 aliphatic carbocycles. The molecule has 0 bridgehead atoms. The fourth-order valence-corrected chi connectivity index (χ4v) is 4.16. The molecule has 1 aliphatic heterocycles. The van der Waals surface area contributed by atoms with Gasteiger partial charge in [0.2, 0.25) is 5.91 Å². The Hall–Kier alpha value is -2.04. The number of fused-ring (bicyclic) bond motifs is 1. The van der Waals surface area contributed by atoms with E-state index in [9.17, 15) is 9.59 Å². The van der Waals surface area contributed by atoms with Gasteiger partial charge in [-0.05, 0) is 55.7 Å². The maximum Gasteiger partial charge on any atom is 0.317 e. The van der Waals surface area contributed by atoms with Crippen LogP contribution in [0.1, 0.15) is 48.4 Å². The minimum atomic E-state index is 0.0140. The van der Waals surface area contributed by atoms with Crippen LogP contribution in [0.25, 0.3) is 0 Å². The average molecular weight is 341 g/mol. The first-order valence-corrected chi connectivity index (χ1v) is 9.56. The lowest BCUT2D eigenvalue weighted by Gasteiger charge is -2.24. The van der Waals surface area contributed by atoms with E-state index in [1.807, 2.05) is 9.80 Å². The fraction of sp³-hybridized carbons (Fsp3) is 0.600. The molecule has 3 amide bonds. The van der Waals surface area contributed by atoms with Crippen molar-refractivity contribution in [2.24, 2.45) is 5.92 Å². The van der Waals surface area contributed by atoms with Crippen molar-refractivity contribution in [3.05, 3.63) is 34.9 Å². The third kappa shape index (κ3) is 3.37. The van der Waals surface area contributed by atoms with Gasteiger partial charge in [-0.25, -0.2) is 4.79 Å². The molecule has 0 spiro atoms. The zero-order valence-electron chi connectivity index (χ0n) is 15.0. The number of amides is 3. The molecule has 1 aromatic carbocycles. The second-order valence-corrected chi connectivity index (χ2v) is 7.62. The van der Waals surface area contributed by atoms with E-state index in [-0.39, 0.29) is 18.0 Å². The molecule has 1 atom stereocenters. The number of carbonyl (C=O) groups excluding carboxylic acids is 2. The second kappa shape index (κ2) is 6.70. The molecule has 2 fully saturated rings. The molecule has 25 heavy (non-hydrogen) atoms. The maximum absolute atomic E-state index is 12.7. The number of aryl methyl sites for hydroxylation is 1. The van der Waals surface area contributed by atoms with Crippen LogP contribution in [0, 0.1) is 12.8 Å². The number of nitrogens with one attached hydrogen (secondary N) is 1. The smallest absolute Gasteiger partial charge is 0.317 e. The van der Waals surface area contributed by atoms with Crippen LogP contribution < -0.4 is 5.32 Å². The normalized spacial score (nSPS) is 23.2. The summed E-state index contributed by atoms with van der Waals surface area (Å²) < 4.78 is 0. The molecular weight excluding hydrogens is 314 g/mol. The number of nitrogens with zero attached hydrogens (tertiary/aromatic N) is 2. The molecule has 0 radical (unpaired) electrons. The van der Waals surface area contributed by atoms with Gasteiger partial charge in [-0.3, -0.25) is 4.79 Å². The first-order chi connectivity index (χ1) is 12.1. The van der Waals surface area contributed by atoms with Gasteiger partial charge < -0.3 is 15.1 Å². The number of urea groups is 1. The molecule has 1 aromatic rings. The van der Waals surface area contributed by atoms with Crippen LogP contribution in [0.5, 0.6) is 0 Å². The zero-order valence-corrected chi connectivity index (χ0v) is 15.0.